The Morgan fingerprint density at radius 3 is 2.65 bits per heavy atom. The van der Waals surface area contributed by atoms with Crippen LogP contribution >= 0.6 is 0 Å². The topological polar surface area (TPSA) is 69.0 Å². The smallest absolute Gasteiger partial charge is 0.265 e. The molecule has 20 heavy (non-hydrogen) atoms. The van der Waals surface area contributed by atoms with E-state index in [1.54, 1.807) is 35.8 Å². The Bertz CT molecular complexity index is 583. The molecule has 0 fully saturated rings. The fourth-order valence-electron chi connectivity index (χ4n) is 1.29. The van der Waals surface area contributed by atoms with Gasteiger partial charge in [-0.05, 0) is 12.1 Å². The van der Waals surface area contributed by atoms with Crippen molar-refractivity contribution in [1.82, 2.24) is 20.5 Å². The minimum absolute atomic E-state index is 0.156. The van der Waals surface area contributed by atoms with Crippen LogP contribution < -0.4 is 5.48 Å². The first-order valence-electron chi connectivity index (χ1n) is 5.42. The Hall–Kier alpha value is -2.42. The molecule has 0 spiro atoms. The van der Waals surface area contributed by atoms with Gasteiger partial charge in [0.25, 0.3) is 5.91 Å². The molecule has 1 aromatic heterocycles. The first-order valence-corrected chi connectivity index (χ1v) is 5.42. The lowest BCUT2D eigenvalue weighted by molar-refractivity contribution is -0.184. The lowest BCUT2D eigenvalue weighted by Crippen LogP contribution is -2.29. The van der Waals surface area contributed by atoms with Gasteiger partial charge in [-0.3, -0.25) is 9.63 Å². The third kappa shape index (κ3) is 3.79. The van der Waals surface area contributed by atoms with Gasteiger partial charge in [0.15, 0.2) is 12.3 Å². The Labute approximate surface area is 111 Å². The molecule has 0 aliphatic rings. The van der Waals surface area contributed by atoms with Crippen molar-refractivity contribution in [2.24, 2.45) is 0 Å². The molecule has 0 unspecified atom stereocenters. The fourth-order valence-corrected chi connectivity index (χ4v) is 1.29. The Balaban J connectivity index is 1.97. The van der Waals surface area contributed by atoms with E-state index in [4.69, 9.17) is 0 Å². The van der Waals surface area contributed by atoms with Crippen LogP contribution in [0.2, 0.25) is 0 Å². The predicted octanol–water partition coefficient (Wildman–Crippen LogP) is 1.49. The first kappa shape index (κ1) is 14.0. The quantitative estimate of drug-likeness (QED) is 0.865. The monoisotopic (exact) mass is 286 g/mol. The summed E-state index contributed by atoms with van der Waals surface area (Å²) in [5.41, 5.74) is 2.10. The van der Waals surface area contributed by atoms with Crippen molar-refractivity contribution in [1.29, 1.82) is 0 Å². The van der Waals surface area contributed by atoms with Crippen molar-refractivity contribution in [2.75, 3.05) is 6.61 Å². The number of carbonyl (C=O) groups is 1. The van der Waals surface area contributed by atoms with E-state index in [1.807, 2.05) is 0 Å². The van der Waals surface area contributed by atoms with Gasteiger partial charge in [0.1, 0.15) is 0 Å². The van der Waals surface area contributed by atoms with Crippen LogP contribution in [-0.4, -0.2) is 33.7 Å². The number of nitrogens with zero attached hydrogens (tertiary/aromatic N) is 3. The van der Waals surface area contributed by atoms with Crippen LogP contribution in [0.25, 0.3) is 5.69 Å². The molecule has 0 radical (unpaired) electrons. The predicted molar refractivity (Wildman–Crippen MR) is 60.8 cm³/mol. The van der Waals surface area contributed by atoms with Crippen LogP contribution in [0.3, 0.4) is 0 Å². The van der Waals surface area contributed by atoms with E-state index in [2.05, 4.69) is 15.0 Å². The molecule has 2 aromatic rings. The van der Waals surface area contributed by atoms with E-state index in [0.29, 0.717) is 5.69 Å². The van der Waals surface area contributed by atoms with Gasteiger partial charge in [-0.1, -0.05) is 18.2 Å². The third-order valence-corrected chi connectivity index (χ3v) is 2.11. The third-order valence-electron chi connectivity index (χ3n) is 2.11. The summed E-state index contributed by atoms with van der Waals surface area (Å²) in [6.45, 7) is -1.58. The number of hydrogen-bond donors (Lipinski definition) is 1. The second-order valence-corrected chi connectivity index (χ2v) is 3.69. The Morgan fingerprint density at radius 2 is 2.00 bits per heavy atom. The fraction of sp³-hybridized carbons (Fsp3) is 0.182. The van der Waals surface area contributed by atoms with E-state index >= 15 is 0 Å². The second-order valence-electron chi connectivity index (χ2n) is 3.69. The van der Waals surface area contributed by atoms with Gasteiger partial charge in [-0.25, -0.2) is 5.48 Å². The second kappa shape index (κ2) is 5.70. The average Bonchev–Trinajstić information content (AvgIpc) is 2.88. The molecule has 1 aromatic carbocycles. The summed E-state index contributed by atoms with van der Waals surface area (Å²) in [5.74, 6) is -0.906. The molecular formula is C11H9F3N4O2. The number of hydroxylamine groups is 1. The maximum Gasteiger partial charge on any atom is 0.414 e. The first-order chi connectivity index (χ1) is 9.46. The molecule has 1 amide bonds. The van der Waals surface area contributed by atoms with Crippen LogP contribution in [0.5, 0.6) is 0 Å². The maximum absolute atomic E-state index is 11.8. The van der Waals surface area contributed by atoms with Crippen molar-refractivity contribution in [3.63, 3.8) is 0 Å². The van der Waals surface area contributed by atoms with Gasteiger partial charge in [-0.2, -0.15) is 23.1 Å². The van der Waals surface area contributed by atoms with E-state index < -0.39 is 18.7 Å². The molecule has 106 valence electrons. The largest absolute Gasteiger partial charge is 0.414 e. The zero-order valence-corrected chi connectivity index (χ0v) is 9.96. The molecule has 9 heteroatoms. The molecule has 1 N–H and O–H groups in total. The van der Waals surface area contributed by atoms with E-state index in [0.717, 1.165) is 6.20 Å². The lowest BCUT2D eigenvalue weighted by Gasteiger charge is -2.06. The standard InChI is InChI=1S/C11H9F3N4O2/c12-11(13,14)7-20-17-10(19)9-6-15-18(16-9)8-4-2-1-3-5-8/h1-6H,7H2,(H,17,19). The lowest BCUT2D eigenvalue weighted by atomic mass is 10.3. The van der Waals surface area contributed by atoms with Crippen LogP contribution in [0.15, 0.2) is 36.5 Å². The number of alkyl halides is 3. The summed E-state index contributed by atoms with van der Waals surface area (Å²) < 4.78 is 35.5. The summed E-state index contributed by atoms with van der Waals surface area (Å²) in [7, 11) is 0. The summed E-state index contributed by atoms with van der Waals surface area (Å²) in [5, 5.41) is 7.66. The van der Waals surface area contributed by atoms with Gasteiger partial charge >= 0.3 is 6.18 Å². The Morgan fingerprint density at radius 1 is 1.30 bits per heavy atom. The van der Waals surface area contributed by atoms with Crippen LogP contribution in [0.4, 0.5) is 13.2 Å². The molecule has 0 aliphatic carbocycles. The molecule has 6 nitrogen and oxygen atoms in total. The molecular weight excluding hydrogens is 277 g/mol. The van der Waals surface area contributed by atoms with E-state index in [-0.39, 0.29) is 5.69 Å². The highest BCUT2D eigenvalue weighted by Gasteiger charge is 2.28. The highest BCUT2D eigenvalue weighted by molar-refractivity contribution is 5.91. The minimum Gasteiger partial charge on any atom is -0.265 e. The van der Waals surface area contributed by atoms with Crippen molar-refractivity contribution < 1.29 is 22.8 Å². The number of amides is 1. The SMILES string of the molecule is O=C(NOCC(F)(F)F)c1cnn(-c2ccccc2)n1. The van der Waals surface area contributed by atoms with Gasteiger partial charge in [0, 0.05) is 0 Å². The van der Waals surface area contributed by atoms with Crippen molar-refractivity contribution in [2.45, 2.75) is 6.18 Å². The van der Waals surface area contributed by atoms with Crippen molar-refractivity contribution in [3.05, 3.63) is 42.2 Å². The summed E-state index contributed by atoms with van der Waals surface area (Å²) in [6.07, 6.45) is -3.39. The zero-order chi connectivity index (χ0) is 14.6. The van der Waals surface area contributed by atoms with Crippen molar-refractivity contribution in [3.8, 4) is 5.69 Å². The van der Waals surface area contributed by atoms with Crippen LogP contribution in [0, 0.1) is 0 Å². The number of rotatable bonds is 4. The average molecular weight is 286 g/mol. The highest BCUT2D eigenvalue weighted by atomic mass is 19.4. The number of carbonyl (C=O) groups excluding carboxylic acids is 1. The number of aromatic nitrogens is 3. The van der Waals surface area contributed by atoms with Gasteiger partial charge in [0.2, 0.25) is 0 Å². The number of halogens is 3. The molecule has 2 rings (SSSR count). The summed E-state index contributed by atoms with van der Waals surface area (Å²) in [6, 6.07) is 8.73. The number of para-hydroxylation sites is 1. The maximum atomic E-state index is 11.8. The summed E-state index contributed by atoms with van der Waals surface area (Å²) >= 11 is 0. The van der Waals surface area contributed by atoms with Gasteiger partial charge in [-0.15, -0.1) is 5.10 Å². The normalized spacial score (nSPS) is 11.3. The number of hydrogen-bond acceptors (Lipinski definition) is 4. The number of benzene rings is 1. The molecule has 0 aliphatic heterocycles. The Kier molecular flexibility index (Phi) is 3.99. The summed E-state index contributed by atoms with van der Waals surface area (Å²) in [4.78, 5) is 16.7. The van der Waals surface area contributed by atoms with Gasteiger partial charge in [0.05, 0.1) is 11.9 Å². The molecule has 0 bridgehead atoms. The van der Waals surface area contributed by atoms with E-state index in [1.165, 1.54) is 4.80 Å². The molecule has 0 atom stereocenters. The molecule has 1 heterocycles. The number of nitrogens with one attached hydrogen (secondary N) is 1. The van der Waals surface area contributed by atoms with E-state index in [9.17, 15) is 18.0 Å². The zero-order valence-electron chi connectivity index (χ0n) is 9.96. The molecule has 0 saturated carbocycles. The van der Waals surface area contributed by atoms with Gasteiger partial charge < -0.3 is 0 Å². The van der Waals surface area contributed by atoms with Crippen LogP contribution in [-0.2, 0) is 4.84 Å². The minimum atomic E-state index is -4.52. The molecule has 0 saturated heterocycles. The van der Waals surface area contributed by atoms with Crippen molar-refractivity contribution >= 4 is 5.91 Å². The highest BCUT2D eigenvalue weighted by Crippen LogP contribution is 2.13. The van der Waals surface area contributed by atoms with Crippen LogP contribution in [0.1, 0.15) is 10.5 Å².